The van der Waals surface area contributed by atoms with Gasteiger partial charge in [0.2, 0.25) is 0 Å². The smallest absolute Gasteiger partial charge is 0.419 e. The minimum absolute atomic E-state index is 0.0904. The maximum atomic E-state index is 14.1. The average molecular weight is 549 g/mol. The van der Waals surface area contributed by atoms with Gasteiger partial charge in [0.1, 0.15) is 28.5 Å². The number of anilines is 3. The average Bonchev–Trinajstić information content (AvgIpc) is 3.00. The topological polar surface area (TPSA) is 110 Å². The van der Waals surface area contributed by atoms with Gasteiger partial charge in [0.25, 0.3) is 5.91 Å². The van der Waals surface area contributed by atoms with Gasteiger partial charge in [-0.3, -0.25) is 4.79 Å². The number of nitrogens with one attached hydrogen (secondary N) is 1. The minimum atomic E-state index is -5.06. The third kappa shape index (κ3) is 5.07. The number of urea groups is 1. The van der Waals surface area contributed by atoms with Gasteiger partial charge in [-0.1, -0.05) is 6.07 Å². The molecule has 8 nitrogen and oxygen atoms in total. The van der Waals surface area contributed by atoms with Crippen molar-refractivity contribution in [1.29, 1.82) is 0 Å². The van der Waals surface area contributed by atoms with Crippen LogP contribution in [0.3, 0.4) is 0 Å². The van der Waals surface area contributed by atoms with Gasteiger partial charge in [0, 0.05) is 11.4 Å². The van der Waals surface area contributed by atoms with Crippen LogP contribution in [0.25, 0.3) is 0 Å². The highest BCUT2D eigenvalue weighted by Crippen LogP contribution is 2.38. The highest BCUT2D eigenvalue weighted by molar-refractivity contribution is 6.23. The second-order valence-corrected chi connectivity index (χ2v) is 9.19. The molecular weight excluding hydrogens is 529 g/mol. The number of benzene rings is 3. The number of amides is 3. The van der Waals surface area contributed by atoms with E-state index in [-0.39, 0.29) is 23.5 Å². The highest BCUT2D eigenvalue weighted by atomic mass is 19.4. The number of aromatic carboxylic acids is 1. The third-order valence-corrected chi connectivity index (χ3v) is 6.24. The Morgan fingerprint density at radius 3 is 2.33 bits per heavy atom. The molecule has 3 aromatic rings. The van der Waals surface area contributed by atoms with Gasteiger partial charge in [-0.05, 0) is 67.9 Å². The van der Waals surface area contributed by atoms with Crippen LogP contribution in [0.15, 0.2) is 54.6 Å². The van der Waals surface area contributed by atoms with Crippen LogP contribution in [-0.4, -0.2) is 38.6 Å². The molecule has 0 aliphatic carbocycles. The lowest BCUT2D eigenvalue weighted by Gasteiger charge is -2.28. The number of halogens is 5. The van der Waals surface area contributed by atoms with Gasteiger partial charge >= 0.3 is 18.2 Å². The minimum Gasteiger partial charge on any atom is -0.507 e. The number of carboxylic acid groups (broad SMARTS) is 1. The number of aromatic hydroxyl groups is 1. The van der Waals surface area contributed by atoms with Gasteiger partial charge in [0.05, 0.1) is 17.8 Å². The Morgan fingerprint density at radius 1 is 1.00 bits per heavy atom. The number of phenols is 1. The van der Waals surface area contributed by atoms with Gasteiger partial charge in [0.15, 0.2) is 0 Å². The summed E-state index contributed by atoms with van der Waals surface area (Å²) in [5.41, 5.74) is -3.58. The van der Waals surface area contributed by atoms with E-state index in [4.69, 9.17) is 0 Å². The number of rotatable bonds is 6. The van der Waals surface area contributed by atoms with Crippen molar-refractivity contribution in [1.82, 2.24) is 4.90 Å². The second kappa shape index (κ2) is 9.57. The molecule has 1 fully saturated rings. The van der Waals surface area contributed by atoms with Crippen molar-refractivity contribution >= 4 is 35.0 Å². The van der Waals surface area contributed by atoms with Crippen LogP contribution in [0, 0.1) is 11.6 Å². The SMILES string of the molecule is CC1(C)C(=O)N(c2ccc(F)c(C(F)(F)F)c2)C(=O)N1Cc1ccc(F)cc1Nc1ccc(O)c(C(=O)O)c1. The molecule has 4 rings (SSSR count). The quantitative estimate of drug-likeness (QED) is 0.201. The number of alkyl halides is 3. The summed E-state index contributed by atoms with van der Waals surface area (Å²) in [6, 6.07) is 7.80. The lowest BCUT2D eigenvalue weighted by Crippen LogP contribution is -2.43. The normalized spacial score (nSPS) is 15.2. The van der Waals surface area contributed by atoms with Crippen molar-refractivity contribution in [2.75, 3.05) is 10.2 Å². The molecule has 1 heterocycles. The Balaban J connectivity index is 1.69. The monoisotopic (exact) mass is 549 g/mol. The molecule has 0 bridgehead atoms. The first-order valence-electron chi connectivity index (χ1n) is 11.3. The lowest BCUT2D eigenvalue weighted by atomic mass is 10.0. The predicted molar refractivity (Wildman–Crippen MR) is 129 cm³/mol. The largest absolute Gasteiger partial charge is 0.507 e. The van der Waals surface area contributed by atoms with Crippen LogP contribution in [0.4, 0.5) is 43.8 Å². The Labute approximate surface area is 217 Å². The number of carbonyl (C=O) groups excluding carboxylic acids is 2. The zero-order valence-corrected chi connectivity index (χ0v) is 20.3. The number of carbonyl (C=O) groups is 3. The lowest BCUT2D eigenvalue weighted by molar-refractivity contribution is -0.140. The zero-order chi connectivity index (χ0) is 28.9. The van der Waals surface area contributed by atoms with Crippen LogP contribution in [-0.2, 0) is 17.5 Å². The van der Waals surface area contributed by atoms with Crippen molar-refractivity contribution in [2.24, 2.45) is 0 Å². The van der Waals surface area contributed by atoms with Crippen LogP contribution in [0.5, 0.6) is 5.75 Å². The Morgan fingerprint density at radius 2 is 1.69 bits per heavy atom. The molecule has 3 aromatic carbocycles. The van der Waals surface area contributed by atoms with E-state index in [1.807, 2.05) is 0 Å². The van der Waals surface area contributed by atoms with E-state index >= 15 is 0 Å². The maximum Gasteiger partial charge on any atom is 0.419 e. The fraction of sp³-hybridized carbons (Fsp3) is 0.192. The van der Waals surface area contributed by atoms with Crippen LogP contribution in [0.2, 0.25) is 0 Å². The van der Waals surface area contributed by atoms with Crippen molar-refractivity contribution in [3.63, 3.8) is 0 Å². The fourth-order valence-electron chi connectivity index (χ4n) is 4.11. The van der Waals surface area contributed by atoms with Gasteiger partial charge in [-0.2, -0.15) is 13.2 Å². The standard InChI is InChI=1S/C26H20F5N3O5/c1-25(2)23(38)34(16-6-7-19(28)18(11-16)26(29,30)31)24(39)33(25)12-13-3-4-14(27)9-20(13)32-15-5-8-21(35)17(10-15)22(36)37/h3-11,32,35H,12H2,1-2H3,(H,36,37). The first-order chi connectivity index (χ1) is 18.1. The van der Waals surface area contributed by atoms with E-state index in [1.165, 1.54) is 26.0 Å². The molecule has 0 radical (unpaired) electrons. The number of hydrogen-bond donors (Lipinski definition) is 3. The molecule has 3 N–H and O–H groups in total. The van der Waals surface area contributed by atoms with Gasteiger partial charge in [-0.25, -0.2) is 23.3 Å². The first-order valence-corrected chi connectivity index (χ1v) is 11.3. The van der Waals surface area contributed by atoms with E-state index in [0.29, 0.717) is 17.0 Å². The molecule has 0 unspecified atom stereocenters. The summed E-state index contributed by atoms with van der Waals surface area (Å²) in [7, 11) is 0. The van der Waals surface area contributed by atoms with Crippen molar-refractivity contribution < 1.29 is 46.5 Å². The second-order valence-electron chi connectivity index (χ2n) is 9.19. The van der Waals surface area contributed by atoms with E-state index < -0.39 is 63.8 Å². The Kier molecular flexibility index (Phi) is 6.71. The van der Waals surface area contributed by atoms with E-state index in [0.717, 1.165) is 35.2 Å². The molecule has 204 valence electrons. The van der Waals surface area contributed by atoms with Crippen LogP contribution in [0.1, 0.15) is 35.3 Å². The third-order valence-electron chi connectivity index (χ3n) is 6.24. The van der Waals surface area contributed by atoms with Crippen LogP contribution >= 0.6 is 0 Å². The van der Waals surface area contributed by atoms with Crippen molar-refractivity contribution in [3.05, 3.63) is 82.9 Å². The molecule has 0 saturated carbocycles. The summed E-state index contributed by atoms with van der Waals surface area (Å²) in [5.74, 6) is -5.02. The molecule has 3 amide bonds. The predicted octanol–water partition coefficient (Wildman–Crippen LogP) is 5.88. The molecule has 39 heavy (non-hydrogen) atoms. The molecule has 0 spiro atoms. The van der Waals surface area contributed by atoms with E-state index in [1.54, 1.807) is 0 Å². The highest BCUT2D eigenvalue weighted by Gasteiger charge is 2.52. The summed E-state index contributed by atoms with van der Waals surface area (Å²) in [6.07, 6.45) is -5.06. The summed E-state index contributed by atoms with van der Waals surface area (Å²) in [4.78, 5) is 39.4. The number of imide groups is 1. The number of hydrogen-bond acceptors (Lipinski definition) is 5. The zero-order valence-electron chi connectivity index (χ0n) is 20.3. The maximum absolute atomic E-state index is 14.1. The molecule has 1 aliphatic heterocycles. The van der Waals surface area contributed by atoms with E-state index in [2.05, 4.69) is 5.32 Å². The molecule has 1 saturated heterocycles. The van der Waals surface area contributed by atoms with E-state index in [9.17, 15) is 46.5 Å². The summed E-state index contributed by atoms with van der Waals surface area (Å²) in [6.45, 7) is 2.43. The van der Waals surface area contributed by atoms with Crippen molar-refractivity contribution in [2.45, 2.75) is 32.1 Å². The van der Waals surface area contributed by atoms with Crippen molar-refractivity contribution in [3.8, 4) is 5.75 Å². The fourth-order valence-corrected chi connectivity index (χ4v) is 4.11. The first kappa shape index (κ1) is 27.4. The Bertz CT molecular complexity index is 1510. The van der Waals surface area contributed by atoms with Gasteiger partial charge in [-0.15, -0.1) is 0 Å². The molecular formula is C26H20F5N3O5. The molecule has 13 heteroatoms. The summed E-state index contributed by atoms with van der Waals surface area (Å²) < 4.78 is 67.7. The Hall–Kier alpha value is -4.68. The van der Waals surface area contributed by atoms with Crippen LogP contribution < -0.4 is 10.2 Å². The van der Waals surface area contributed by atoms with Gasteiger partial charge < -0.3 is 20.4 Å². The number of carboxylic acids is 1. The molecule has 0 atom stereocenters. The summed E-state index contributed by atoms with van der Waals surface area (Å²) in [5, 5.41) is 21.8. The summed E-state index contributed by atoms with van der Waals surface area (Å²) >= 11 is 0. The molecule has 0 aromatic heterocycles. The number of nitrogens with zero attached hydrogens (tertiary/aromatic N) is 2. The molecule has 1 aliphatic rings.